The summed E-state index contributed by atoms with van der Waals surface area (Å²) in [7, 11) is 5.96. The number of benzene rings is 1. The molecule has 0 bridgehead atoms. The molecule has 41 heavy (non-hydrogen) atoms. The molecule has 0 saturated carbocycles. The highest BCUT2D eigenvalue weighted by Crippen LogP contribution is 2.59. The maximum atomic E-state index is 15.5. The molecule has 3 aliphatic rings. The number of aliphatic hydroxyl groups is 2. The van der Waals surface area contributed by atoms with E-state index in [9.17, 15) is 29.7 Å². The van der Waals surface area contributed by atoms with Gasteiger partial charge in [-0.3, -0.25) is 19.3 Å². The molecular weight excluding hydrogens is 554 g/mol. The van der Waals surface area contributed by atoms with E-state index in [1.165, 1.54) is 17.1 Å². The van der Waals surface area contributed by atoms with E-state index in [-0.39, 0.29) is 64.4 Å². The lowest BCUT2D eigenvalue weighted by Gasteiger charge is -2.53. The van der Waals surface area contributed by atoms with Crippen LogP contribution >= 0.6 is 9.24 Å². The van der Waals surface area contributed by atoms with Gasteiger partial charge in [-0.25, -0.2) is 9.07 Å². The van der Waals surface area contributed by atoms with E-state index in [0.717, 1.165) is 6.07 Å². The smallest absolute Gasteiger partial charge is 0.252 e. The molecule has 6 N–H and O–H groups in total. The molecule has 0 saturated heterocycles. The second-order valence-electron chi connectivity index (χ2n) is 10.7. The van der Waals surface area contributed by atoms with Gasteiger partial charge in [0.15, 0.2) is 11.5 Å². The van der Waals surface area contributed by atoms with Gasteiger partial charge in [-0.1, -0.05) is 11.3 Å². The Bertz CT molecular complexity index is 1580. The van der Waals surface area contributed by atoms with Gasteiger partial charge in [0, 0.05) is 29.3 Å². The minimum atomic E-state index is -1.39. The number of allylic oxidation sites excluding steroid dienone is 3. The molecule has 0 fully saturated rings. The fourth-order valence-corrected chi connectivity index (χ4v) is 7.35. The lowest BCUT2D eigenvalue weighted by atomic mass is 9.59. The SMILES string of the molecule is CC=C1C(C(N)=O)=C(O)[C@@H](N(C)C)[C@@H]2C[C@@H]3Cc4c(F)cc(NC(=O)Cn5ccnn5)c(O)c4C(=O)C3=C(O)[C@]12P. The number of nitrogens with zero attached hydrogens (tertiary/aromatic N) is 4. The standard InChI is InChI=1S/C27H30FN6O6P/c1-4-13-20(26(29)40)24(38)21(33(2)3)14-8-11-7-12-15(28)9-16(31-17(35)10-34-6-5-30-32-34)22(36)19(12)23(37)18(11)25(39)27(13,14)41/h4-6,9,11,14,21,36,38-39H,7-8,10,41H2,1-3H3,(H2,29,40)(H,31,35)/t11-,14-,21-,27-/m0/s1. The van der Waals surface area contributed by atoms with E-state index in [1.54, 1.807) is 32.0 Å². The number of primary amides is 1. The number of aromatic nitrogens is 3. The van der Waals surface area contributed by atoms with Crippen LogP contribution in [-0.2, 0) is 22.6 Å². The zero-order valence-corrected chi connectivity index (χ0v) is 23.7. The Kier molecular flexibility index (Phi) is 6.99. The van der Waals surface area contributed by atoms with Crippen LogP contribution in [0.2, 0.25) is 0 Å². The quantitative estimate of drug-likeness (QED) is 0.258. The first-order valence-corrected chi connectivity index (χ1v) is 13.4. The number of phenols is 1. The third-order valence-corrected chi connectivity index (χ3v) is 9.24. The molecule has 1 unspecified atom stereocenters. The summed E-state index contributed by atoms with van der Waals surface area (Å²) < 4.78 is 16.7. The summed E-state index contributed by atoms with van der Waals surface area (Å²) in [5, 5.41) is 42.4. The van der Waals surface area contributed by atoms with Crippen molar-refractivity contribution in [3.8, 4) is 5.75 Å². The number of hydrogen-bond donors (Lipinski definition) is 5. The molecule has 0 spiro atoms. The van der Waals surface area contributed by atoms with E-state index in [1.807, 2.05) is 0 Å². The number of anilines is 1. The van der Waals surface area contributed by atoms with Crippen LogP contribution in [0.1, 0.15) is 29.3 Å². The van der Waals surface area contributed by atoms with Crippen LogP contribution in [0.3, 0.4) is 0 Å². The Morgan fingerprint density at radius 2 is 2.05 bits per heavy atom. The second kappa shape index (κ2) is 10.1. The molecule has 0 radical (unpaired) electrons. The number of aromatic hydroxyl groups is 1. The molecule has 5 atom stereocenters. The number of fused-ring (bicyclic) bond motifs is 3. The van der Waals surface area contributed by atoms with Crippen molar-refractivity contribution in [3.63, 3.8) is 0 Å². The van der Waals surface area contributed by atoms with Crippen LogP contribution in [0.15, 0.2) is 52.8 Å². The van der Waals surface area contributed by atoms with Crippen LogP contribution in [0.25, 0.3) is 0 Å². The first-order chi connectivity index (χ1) is 19.3. The van der Waals surface area contributed by atoms with Crippen molar-refractivity contribution in [2.24, 2.45) is 17.6 Å². The highest BCUT2D eigenvalue weighted by molar-refractivity contribution is 7.20. The summed E-state index contributed by atoms with van der Waals surface area (Å²) in [6, 6.07) is 0.201. The molecular formula is C27H30FN6O6P. The maximum absolute atomic E-state index is 15.5. The number of phenolic OH excluding ortho intramolecular Hbond substituents is 1. The Hall–Kier alpha value is -4.09. The van der Waals surface area contributed by atoms with Crippen molar-refractivity contribution in [1.82, 2.24) is 19.9 Å². The van der Waals surface area contributed by atoms with E-state index >= 15 is 4.39 Å². The fourth-order valence-electron chi connectivity index (χ4n) is 6.57. The van der Waals surface area contributed by atoms with Crippen LogP contribution in [-0.4, -0.2) is 78.1 Å². The minimum Gasteiger partial charge on any atom is -0.511 e. The number of Topliss-reactive ketones (excluding diaryl/α,β-unsaturated/α-hetero) is 1. The highest BCUT2D eigenvalue weighted by atomic mass is 31.0. The monoisotopic (exact) mass is 584 g/mol. The normalized spacial score (nSPS) is 26.6. The van der Waals surface area contributed by atoms with Crippen LogP contribution in [0, 0.1) is 17.7 Å². The van der Waals surface area contributed by atoms with Gasteiger partial charge in [0.1, 0.15) is 23.9 Å². The molecule has 0 aliphatic heterocycles. The fraction of sp³-hybridized carbons (Fsp3) is 0.370. The largest absolute Gasteiger partial charge is 0.511 e. The molecule has 216 valence electrons. The van der Waals surface area contributed by atoms with Gasteiger partial charge in [-0.2, -0.15) is 0 Å². The first kappa shape index (κ1) is 28.4. The number of likely N-dealkylation sites (N-methyl/N-ethyl adjacent to an activating group) is 1. The van der Waals surface area contributed by atoms with Gasteiger partial charge in [-0.05, 0) is 45.4 Å². The number of amides is 2. The van der Waals surface area contributed by atoms with Crippen molar-refractivity contribution in [1.29, 1.82) is 0 Å². The molecule has 1 aromatic carbocycles. The average Bonchev–Trinajstić information content (AvgIpc) is 3.40. The first-order valence-electron chi connectivity index (χ1n) is 12.8. The number of nitrogens with one attached hydrogen (secondary N) is 1. The van der Waals surface area contributed by atoms with Crippen molar-refractivity contribution in [2.45, 2.75) is 37.5 Å². The molecule has 1 heterocycles. The molecule has 12 nitrogen and oxygen atoms in total. The molecule has 5 rings (SSSR count). The van der Waals surface area contributed by atoms with Crippen molar-refractivity contribution < 1.29 is 34.1 Å². The molecule has 1 aromatic heterocycles. The number of carbonyl (C=O) groups excluding carboxylic acids is 3. The van der Waals surface area contributed by atoms with Crippen molar-refractivity contribution in [2.75, 3.05) is 19.4 Å². The van der Waals surface area contributed by atoms with Crippen molar-refractivity contribution in [3.05, 3.63) is 69.7 Å². The van der Waals surface area contributed by atoms with Gasteiger partial charge in [0.2, 0.25) is 5.91 Å². The number of ketones is 1. The van der Waals surface area contributed by atoms with E-state index in [2.05, 4.69) is 24.9 Å². The van der Waals surface area contributed by atoms with E-state index in [4.69, 9.17) is 5.73 Å². The molecule has 14 heteroatoms. The Morgan fingerprint density at radius 1 is 1.34 bits per heavy atom. The summed E-state index contributed by atoms with van der Waals surface area (Å²) in [6.45, 7) is 1.36. The summed E-state index contributed by atoms with van der Waals surface area (Å²) in [4.78, 5) is 40.7. The summed E-state index contributed by atoms with van der Waals surface area (Å²) in [5.41, 5.74) is 5.00. The summed E-state index contributed by atoms with van der Waals surface area (Å²) in [5.74, 6) is -5.58. The van der Waals surface area contributed by atoms with E-state index in [0.29, 0.717) is 0 Å². The summed E-state index contributed by atoms with van der Waals surface area (Å²) >= 11 is 0. The number of aliphatic hydroxyl groups excluding tert-OH is 2. The minimum absolute atomic E-state index is 0.0250. The molecule has 2 amide bonds. The predicted molar refractivity (Wildman–Crippen MR) is 149 cm³/mol. The van der Waals surface area contributed by atoms with Gasteiger partial charge in [0.25, 0.3) is 5.91 Å². The third-order valence-electron chi connectivity index (χ3n) is 8.23. The number of halogens is 1. The zero-order chi connectivity index (χ0) is 30.0. The second-order valence-corrected chi connectivity index (χ2v) is 11.6. The Morgan fingerprint density at radius 3 is 2.63 bits per heavy atom. The lowest BCUT2D eigenvalue weighted by molar-refractivity contribution is -0.117. The highest BCUT2D eigenvalue weighted by Gasteiger charge is 2.59. The number of hydrogen-bond acceptors (Lipinski definition) is 9. The maximum Gasteiger partial charge on any atom is 0.252 e. The third kappa shape index (κ3) is 4.22. The van der Waals surface area contributed by atoms with Gasteiger partial charge >= 0.3 is 0 Å². The van der Waals surface area contributed by atoms with Gasteiger partial charge < -0.3 is 26.4 Å². The Balaban J connectivity index is 1.63. The lowest BCUT2D eigenvalue weighted by Crippen LogP contribution is -2.57. The van der Waals surface area contributed by atoms with Gasteiger partial charge in [0.05, 0.1) is 34.2 Å². The van der Waals surface area contributed by atoms with Crippen LogP contribution in [0.4, 0.5) is 10.1 Å². The number of rotatable bonds is 5. The van der Waals surface area contributed by atoms with Crippen LogP contribution in [0.5, 0.6) is 5.75 Å². The average molecular weight is 585 g/mol. The molecule has 2 aromatic rings. The number of carbonyl (C=O) groups is 3. The van der Waals surface area contributed by atoms with E-state index < -0.39 is 52.2 Å². The Labute approximate surface area is 236 Å². The van der Waals surface area contributed by atoms with Crippen molar-refractivity contribution >= 4 is 32.5 Å². The molecule has 3 aliphatic carbocycles. The summed E-state index contributed by atoms with van der Waals surface area (Å²) in [6.07, 6.45) is 4.59. The predicted octanol–water partition coefficient (Wildman–Crippen LogP) is 1.75. The zero-order valence-electron chi connectivity index (χ0n) is 22.6. The number of nitrogens with two attached hydrogens (primary N) is 1. The topological polar surface area (TPSA) is 184 Å². The van der Waals surface area contributed by atoms with Gasteiger partial charge in [-0.15, -0.1) is 14.3 Å². The van der Waals surface area contributed by atoms with Crippen LogP contribution < -0.4 is 11.1 Å².